The summed E-state index contributed by atoms with van der Waals surface area (Å²) in [6, 6.07) is 15.4. The lowest BCUT2D eigenvalue weighted by Gasteiger charge is -2.17. The number of ether oxygens (including phenoxy) is 1. The van der Waals surface area contributed by atoms with Crippen LogP contribution in [0.4, 0.5) is 0 Å². The Morgan fingerprint density at radius 2 is 1.58 bits per heavy atom. The van der Waals surface area contributed by atoms with Crippen molar-refractivity contribution in [2.24, 2.45) is 0 Å². The first-order valence-electron chi connectivity index (χ1n) is 5.72. The SMILES string of the molecule is Cc1ccccc1OC(c1ccccc1)S(=O)(=O)O. The zero-order chi connectivity index (χ0) is 13.9. The third kappa shape index (κ3) is 3.33. The molecule has 1 unspecified atom stereocenters. The summed E-state index contributed by atoms with van der Waals surface area (Å²) in [4.78, 5) is 0. The van der Waals surface area contributed by atoms with Gasteiger partial charge in [-0.25, -0.2) is 0 Å². The second-order valence-electron chi connectivity index (χ2n) is 4.14. The molecule has 0 aliphatic rings. The van der Waals surface area contributed by atoms with Crippen molar-refractivity contribution in [2.45, 2.75) is 12.4 Å². The van der Waals surface area contributed by atoms with Crippen molar-refractivity contribution in [3.05, 3.63) is 65.7 Å². The molecule has 19 heavy (non-hydrogen) atoms. The highest BCUT2D eigenvalue weighted by atomic mass is 32.2. The van der Waals surface area contributed by atoms with Crippen molar-refractivity contribution in [2.75, 3.05) is 0 Å². The van der Waals surface area contributed by atoms with Crippen LogP contribution in [0.3, 0.4) is 0 Å². The summed E-state index contributed by atoms with van der Waals surface area (Å²) in [5.41, 5.74) is -0.241. The molecular weight excluding hydrogens is 264 g/mol. The Bertz CT molecular complexity index is 650. The average molecular weight is 278 g/mol. The van der Waals surface area contributed by atoms with E-state index in [4.69, 9.17) is 4.74 Å². The van der Waals surface area contributed by atoms with E-state index in [0.717, 1.165) is 5.56 Å². The number of benzene rings is 2. The normalized spacial score (nSPS) is 12.9. The Kier molecular flexibility index (Phi) is 3.87. The zero-order valence-electron chi connectivity index (χ0n) is 10.4. The van der Waals surface area contributed by atoms with Gasteiger partial charge in [0.25, 0.3) is 0 Å². The van der Waals surface area contributed by atoms with Gasteiger partial charge in [0.1, 0.15) is 5.75 Å². The summed E-state index contributed by atoms with van der Waals surface area (Å²) >= 11 is 0. The van der Waals surface area contributed by atoms with Crippen LogP contribution in [0.15, 0.2) is 54.6 Å². The minimum atomic E-state index is -4.36. The number of aryl methyl sites for hydroxylation is 1. The monoisotopic (exact) mass is 278 g/mol. The molecule has 0 radical (unpaired) electrons. The lowest BCUT2D eigenvalue weighted by atomic mass is 10.2. The lowest BCUT2D eigenvalue weighted by Crippen LogP contribution is -2.18. The Morgan fingerprint density at radius 3 is 2.16 bits per heavy atom. The Morgan fingerprint density at radius 1 is 1.00 bits per heavy atom. The molecule has 0 heterocycles. The fraction of sp³-hybridized carbons (Fsp3) is 0.143. The predicted molar refractivity (Wildman–Crippen MR) is 72.5 cm³/mol. The Hall–Kier alpha value is -1.85. The summed E-state index contributed by atoms with van der Waals surface area (Å²) in [5.74, 6) is 0.425. The maximum atomic E-state index is 11.5. The molecule has 0 saturated heterocycles. The number of rotatable bonds is 4. The van der Waals surface area contributed by atoms with Crippen molar-refractivity contribution >= 4 is 10.1 Å². The molecule has 1 N–H and O–H groups in total. The first-order chi connectivity index (χ1) is 8.98. The molecule has 2 aromatic carbocycles. The molecule has 0 spiro atoms. The average Bonchev–Trinajstić information content (AvgIpc) is 2.37. The summed E-state index contributed by atoms with van der Waals surface area (Å²) in [6.07, 6.45) is 0. The molecule has 0 amide bonds. The van der Waals surface area contributed by atoms with Gasteiger partial charge in [-0.2, -0.15) is 8.42 Å². The van der Waals surface area contributed by atoms with E-state index in [2.05, 4.69) is 0 Å². The van der Waals surface area contributed by atoms with Gasteiger partial charge in [0.05, 0.1) is 0 Å². The quantitative estimate of drug-likeness (QED) is 0.873. The van der Waals surface area contributed by atoms with Crippen LogP contribution < -0.4 is 4.74 Å². The molecule has 100 valence electrons. The molecule has 1 atom stereocenters. The standard InChI is InChI=1S/C14H14O4S/c1-11-7-5-6-10-13(11)18-14(19(15,16)17)12-8-3-2-4-9-12/h2-10,14H,1H3,(H,15,16,17). The van der Waals surface area contributed by atoms with Gasteiger partial charge in [0, 0.05) is 5.56 Å². The van der Waals surface area contributed by atoms with E-state index in [1.807, 2.05) is 6.07 Å². The van der Waals surface area contributed by atoms with Crippen LogP contribution in [0.25, 0.3) is 0 Å². The molecule has 4 nitrogen and oxygen atoms in total. The van der Waals surface area contributed by atoms with Crippen LogP contribution >= 0.6 is 0 Å². The van der Waals surface area contributed by atoms with E-state index in [1.165, 1.54) is 0 Å². The van der Waals surface area contributed by atoms with Gasteiger partial charge in [-0.15, -0.1) is 0 Å². The summed E-state index contributed by atoms with van der Waals surface area (Å²) in [6.45, 7) is 1.81. The zero-order valence-corrected chi connectivity index (χ0v) is 11.2. The van der Waals surface area contributed by atoms with Gasteiger partial charge in [-0.05, 0) is 18.6 Å². The fourth-order valence-corrected chi connectivity index (χ4v) is 2.44. The number of hydrogen-bond acceptors (Lipinski definition) is 3. The van der Waals surface area contributed by atoms with Gasteiger partial charge in [-0.1, -0.05) is 48.5 Å². The van der Waals surface area contributed by atoms with E-state index in [9.17, 15) is 13.0 Å². The predicted octanol–water partition coefficient (Wildman–Crippen LogP) is 2.96. The van der Waals surface area contributed by atoms with Gasteiger partial charge in [0.2, 0.25) is 5.44 Å². The maximum absolute atomic E-state index is 11.5. The second kappa shape index (κ2) is 5.42. The third-order valence-electron chi connectivity index (χ3n) is 2.67. The van der Waals surface area contributed by atoms with E-state index < -0.39 is 15.6 Å². The van der Waals surface area contributed by atoms with Crippen molar-refractivity contribution in [3.8, 4) is 5.75 Å². The first-order valence-corrected chi connectivity index (χ1v) is 7.22. The van der Waals surface area contributed by atoms with Gasteiger partial charge < -0.3 is 4.74 Å². The van der Waals surface area contributed by atoms with Crippen LogP contribution in [-0.2, 0) is 10.1 Å². The smallest absolute Gasteiger partial charge is 0.307 e. The molecule has 0 aliphatic heterocycles. The Labute approximate surface area is 112 Å². The van der Waals surface area contributed by atoms with Crippen molar-refractivity contribution < 1.29 is 17.7 Å². The topological polar surface area (TPSA) is 63.6 Å². The highest BCUT2D eigenvalue weighted by molar-refractivity contribution is 7.85. The molecular formula is C14H14O4S. The number of hydrogen-bond donors (Lipinski definition) is 1. The Balaban J connectivity index is 2.39. The van der Waals surface area contributed by atoms with Crippen molar-refractivity contribution in [1.82, 2.24) is 0 Å². The van der Waals surface area contributed by atoms with E-state index >= 15 is 0 Å². The highest BCUT2D eigenvalue weighted by Crippen LogP contribution is 2.28. The van der Waals surface area contributed by atoms with Crippen molar-refractivity contribution in [3.63, 3.8) is 0 Å². The molecule has 0 bridgehead atoms. The van der Waals surface area contributed by atoms with Crippen LogP contribution in [0, 0.1) is 6.92 Å². The van der Waals surface area contributed by atoms with Crippen molar-refractivity contribution in [1.29, 1.82) is 0 Å². The van der Waals surface area contributed by atoms with Crippen LogP contribution in [0.1, 0.15) is 16.6 Å². The van der Waals surface area contributed by atoms with Crippen LogP contribution in [-0.4, -0.2) is 13.0 Å². The van der Waals surface area contributed by atoms with E-state index in [1.54, 1.807) is 55.5 Å². The van der Waals surface area contributed by atoms with E-state index in [-0.39, 0.29) is 0 Å². The van der Waals surface area contributed by atoms with Gasteiger partial charge in [-0.3, -0.25) is 4.55 Å². The molecule has 0 aromatic heterocycles. The molecule has 2 rings (SSSR count). The molecule has 2 aromatic rings. The largest absolute Gasteiger partial charge is 0.467 e. The van der Waals surface area contributed by atoms with Crippen LogP contribution in [0.2, 0.25) is 0 Å². The first kappa shape index (κ1) is 13.6. The molecule has 0 aliphatic carbocycles. The lowest BCUT2D eigenvalue weighted by molar-refractivity contribution is 0.260. The summed E-state index contributed by atoms with van der Waals surface area (Å²) in [7, 11) is -4.36. The molecule has 5 heteroatoms. The van der Waals surface area contributed by atoms with Gasteiger partial charge in [0.15, 0.2) is 0 Å². The second-order valence-corrected chi connectivity index (χ2v) is 5.60. The summed E-state index contributed by atoms with van der Waals surface area (Å²) < 4.78 is 37.7. The molecule has 0 fully saturated rings. The van der Waals surface area contributed by atoms with Crippen LogP contribution in [0.5, 0.6) is 5.75 Å². The maximum Gasteiger partial charge on any atom is 0.307 e. The minimum Gasteiger partial charge on any atom is -0.467 e. The summed E-state index contributed by atoms with van der Waals surface area (Å²) in [5, 5.41) is 0. The third-order valence-corrected chi connectivity index (χ3v) is 3.58. The highest BCUT2D eigenvalue weighted by Gasteiger charge is 2.27. The fourth-order valence-electron chi connectivity index (χ4n) is 1.71. The van der Waals surface area contributed by atoms with Gasteiger partial charge >= 0.3 is 10.1 Å². The molecule has 0 saturated carbocycles. The minimum absolute atomic E-state index is 0.383. The number of para-hydroxylation sites is 1. The van der Waals surface area contributed by atoms with E-state index in [0.29, 0.717) is 11.3 Å².